The predicted octanol–water partition coefficient (Wildman–Crippen LogP) is 2.97. The Hall–Kier alpha value is -3.98. The smallest absolute Gasteiger partial charge is 0.262 e. The Kier molecular flexibility index (Phi) is 5.39. The summed E-state index contributed by atoms with van der Waals surface area (Å²) >= 11 is 0. The number of H-pyrrole nitrogens is 1. The highest BCUT2D eigenvalue weighted by Crippen LogP contribution is 2.29. The van der Waals surface area contributed by atoms with E-state index in [9.17, 15) is 4.79 Å². The first kappa shape index (κ1) is 20.0. The van der Waals surface area contributed by atoms with Crippen molar-refractivity contribution in [2.45, 2.75) is 0 Å². The second kappa shape index (κ2) is 8.64. The Morgan fingerprint density at radius 1 is 1.12 bits per heavy atom. The molecule has 9 nitrogen and oxygen atoms in total. The van der Waals surface area contributed by atoms with Gasteiger partial charge in [-0.05, 0) is 36.4 Å². The SMILES string of the molecule is COc1cncc(-c2cc3nc[nH]c(=O)c3c(Nc3ccc(N4CCOCC4)cc3)n2)c1. The Labute approximate surface area is 184 Å². The zero-order chi connectivity index (χ0) is 21.9. The number of aromatic amines is 1. The minimum atomic E-state index is -0.259. The van der Waals surface area contributed by atoms with E-state index in [-0.39, 0.29) is 5.56 Å². The average molecular weight is 430 g/mol. The monoisotopic (exact) mass is 430 g/mol. The fourth-order valence-electron chi connectivity index (χ4n) is 3.71. The van der Waals surface area contributed by atoms with Gasteiger partial charge in [-0.3, -0.25) is 9.78 Å². The molecule has 1 aliphatic heterocycles. The van der Waals surface area contributed by atoms with Gasteiger partial charge in [0.25, 0.3) is 5.56 Å². The van der Waals surface area contributed by atoms with Crippen LogP contribution in [0.1, 0.15) is 0 Å². The van der Waals surface area contributed by atoms with Gasteiger partial charge < -0.3 is 24.7 Å². The van der Waals surface area contributed by atoms with Crippen molar-refractivity contribution in [3.05, 3.63) is 65.5 Å². The Morgan fingerprint density at radius 2 is 1.94 bits per heavy atom. The third kappa shape index (κ3) is 3.97. The summed E-state index contributed by atoms with van der Waals surface area (Å²) < 4.78 is 10.7. The van der Waals surface area contributed by atoms with E-state index in [1.54, 1.807) is 25.6 Å². The van der Waals surface area contributed by atoms with Crippen molar-refractivity contribution in [3.63, 3.8) is 0 Å². The lowest BCUT2D eigenvalue weighted by atomic mass is 10.1. The molecule has 3 aromatic heterocycles. The summed E-state index contributed by atoms with van der Waals surface area (Å²) in [5.74, 6) is 1.05. The summed E-state index contributed by atoms with van der Waals surface area (Å²) in [6.45, 7) is 3.21. The fraction of sp³-hybridized carbons (Fsp3) is 0.217. The zero-order valence-corrected chi connectivity index (χ0v) is 17.5. The number of fused-ring (bicyclic) bond motifs is 1. The Balaban J connectivity index is 1.53. The van der Waals surface area contributed by atoms with Gasteiger partial charge in [0, 0.05) is 36.2 Å². The largest absolute Gasteiger partial charge is 0.495 e. The maximum atomic E-state index is 12.6. The molecule has 1 aromatic carbocycles. The summed E-state index contributed by atoms with van der Waals surface area (Å²) in [7, 11) is 1.59. The highest BCUT2D eigenvalue weighted by Gasteiger charge is 2.14. The number of nitrogens with one attached hydrogen (secondary N) is 2. The number of aromatic nitrogens is 4. The Bertz CT molecular complexity index is 1300. The molecule has 0 radical (unpaired) electrons. The maximum absolute atomic E-state index is 12.6. The van der Waals surface area contributed by atoms with Crippen LogP contribution in [0.5, 0.6) is 5.75 Å². The van der Waals surface area contributed by atoms with Crippen molar-refractivity contribution in [2.75, 3.05) is 43.6 Å². The van der Waals surface area contributed by atoms with E-state index in [1.165, 1.54) is 6.33 Å². The van der Waals surface area contributed by atoms with E-state index < -0.39 is 0 Å². The average Bonchev–Trinajstić information content (AvgIpc) is 2.85. The van der Waals surface area contributed by atoms with Gasteiger partial charge in [0.15, 0.2) is 0 Å². The number of pyridine rings is 2. The van der Waals surface area contributed by atoms with Crippen LogP contribution >= 0.6 is 0 Å². The number of benzene rings is 1. The molecular formula is C23H22N6O3. The van der Waals surface area contributed by atoms with Crippen LogP contribution in [0.4, 0.5) is 17.2 Å². The first-order valence-electron chi connectivity index (χ1n) is 10.3. The second-order valence-electron chi connectivity index (χ2n) is 7.37. The molecule has 2 N–H and O–H groups in total. The predicted molar refractivity (Wildman–Crippen MR) is 123 cm³/mol. The summed E-state index contributed by atoms with van der Waals surface area (Å²) in [5.41, 5.74) is 3.63. The molecule has 1 aliphatic rings. The number of ether oxygens (including phenoxy) is 2. The van der Waals surface area contributed by atoms with Crippen molar-refractivity contribution >= 4 is 28.1 Å². The van der Waals surface area contributed by atoms with Crippen LogP contribution in [-0.4, -0.2) is 53.3 Å². The minimum Gasteiger partial charge on any atom is -0.495 e. The number of nitrogens with zero attached hydrogens (tertiary/aromatic N) is 4. The molecule has 5 rings (SSSR count). The molecule has 9 heteroatoms. The van der Waals surface area contributed by atoms with Gasteiger partial charge in [0.2, 0.25) is 0 Å². The van der Waals surface area contributed by atoms with E-state index in [2.05, 4.69) is 25.2 Å². The molecular weight excluding hydrogens is 408 g/mol. The van der Waals surface area contributed by atoms with Gasteiger partial charge >= 0.3 is 0 Å². The first-order chi connectivity index (χ1) is 15.7. The van der Waals surface area contributed by atoms with Gasteiger partial charge in [0.05, 0.1) is 44.1 Å². The van der Waals surface area contributed by atoms with E-state index in [4.69, 9.17) is 14.5 Å². The van der Waals surface area contributed by atoms with E-state index in [1.807, 2.05) is 30.3 Å². The van der Waals surface area contributed by atoms with Crippen LogP contribution in [0.3, 0.4) is 0 Å². The van der Waals surface area contributed by atoms with Gasteiger partial charge in [0.1, 0.15) is 17.0 Å². The molecule has 0 aliphatic carbocycles. The van der Waals surface area contributed by atoms with E-state index >= 15 is 0 Å². The minimum absolute atomic E-state index is 0.259. The van der Waals surface area contributed by atoms with Gasteiger partial charge in [-0.15, -0.1) is 0 Å². The number of hydrogen-bond donors (Lipinski definition) is 2. The van der Waals surface area contributed by atoms with Crippen molar-refractivity contribution in [2.24, 2.45) is 0 Å². The molecule has 1 saturated heterocycles. The van der Waals surface area contributed by atoms with Crippen LogP contribution < -0.4 is 20.5 Å². The molecule has 0 unspecified atom stereocenters. The molecule has 0 atom stereocenters. The van der Waals surface area contributed by atoms with Crippen molar-refractivity contribution in [1.29, 1.82) is 0 Å². The standard InChI is InChI=1S/C23H22N6O3/c1-31-18-10-15(12-24-13-18)19-11-20-21(23(30)26-14-25-20)22(28-19)27-16-2-4-17(5-3-16)29-6-8-32-9-7-29/h2-5,10-14H,6-9H2,1H3,(H,27,28)(H,25,26,30). The highest BCUT2D eigenvalue weighted by atomic mass is 16.5. The number of anilines is 3. The number of rotatable bonds is 5. The summed E-state index contributed by atoms with van der Waals surface area (Å²) in [4.78, 5) is 30.8. The molecule has 0 spiro atoms. The first-order valence-corrected chi connectivity index (χ1v) is 10.3. The fourth-order valence-corrected chi connectivity index (χ4v) is 3.71. The Morgan fingerprint density at radius 3 is 2.72 bits per heavy atom. The third-order valence-electron chi connectivity index (χ3n) is 5.38. The van der Waals surface area contributed by atoms with Gasteiger partial charge in [-0.25, -0.2) is 9.97 Å². The normalized spacial score (nSPS) is 13.8. The summed E-state index contributed by atoms with van der Waals surface area (Å²) in [6.07, 6.45) is 4.71. The highest BCUT2D eigenvalue weighted by molar-refractivity contribution is 5.92. The van der Waals surface area contributed by atoms with Crippen LogP contribution in [0.2, 0.25) is 0 Å². The molecule has 4 aromatic rings. The lowest BCUT2D eigenvalue weighted by Crippen LogP contribution is -2.36. The van der Waals surface area contributed by atoms with E-state index in [0.717, 1.165) is 43.2 Å². The molecule has 4 heterocycles. The second-order valence-corrected chi connectivity index (χ2v) is 7.37. The molecule has 0 amide bonds. The third-order valence-corrected chi connectivity index (χ3v) is 5.38. The summed E-state index contributed by atoms with van der Waals surface area (Å²) in [6, 6.07) is 11.7. The molecule has 0 saturated carbocycles. The molecule has 0 bridgehead atoms. The number of methoxy groups -OCH3 is 1. The molecule has 32 heavy (non-hydrogen) atoms. The summed E-state index contributed by atoms with van der Waals surface area (Å²) in [5, 5.41) is 3.68. The molecule has 162 valence electrons. The van der Waals surface area contributed by atoms with Crippen LogP contribution in [0.15, 0.2) is 59.9 Å². The van der Waals surface area contributed by atoms with Crippen LogP contribution in [-0.2, 0) is 4.74 Å². The van der Waals surface area contributed by atoms with Gasteiger partial charge in [-0.2, -0.15) is 0 Å². The number of hydrogen-bond acceptors (Lipinski definition) is 8. The quantitative estimate of drug-likeness (QED) is 0.498. The van der Waals surface area contributed by atoms with Crippen molar-refractivity contribution in [1.82, 2.24) is 19.9 Å². The topological polar surface area (TPSA) is 105 Å². The maximum Gasteiger partial charge on any atom is 0.262 e. The van der Waals surface area contributed by atoms with Crippen LogP contribution in [0.25, 0.3) is 22.2 Å². The van der Waals surface area contributed by atoms with Crippen molar-refractivity contribution in [3.8, 4) is 17.0 Å². The van der Waals surface area contributed by atoms with Crippen LogP contribution in [0, 0.1) is 0 Å². The zero-order valence-electron chi connectivity index (χ0n) is 17.5. The van der Waals surface area contributed by atoms with Gasteiger partial charge in [-0.1, -0.05) is 0 Å². The lowest BCUT2D eigenvalue weighted by Gasteiger charge is -2.28. The number of morpholine rings is 1. The molecule has 1 fully saturated rings. The lowest BCUT2D eigenvalue weighted by molar-refractivity contribution is 0.122. The van der Waals surface area contributed by atoms with Crippen molar-refractivity contribution < 1.29 is 9.47 Å². The van der Waals surface area contributed by atoms with E-state index in [0.29, 0.717) is 28.2 Å².